The second kappa shape index (κ2) is 3.93. The molecule has 1 aliphatic rings. The van der Waals surface area contributed by atoms with Crippen molar-refractivity contribution >= 4 is 11.6 Å². The van der Waals surface area contributed by atoms with Crippen molar-refractivity contribution < 1.29 is 13.2 Å². The molecular formula is C11H11ClF3N. The quantitative estimate of drug-likeness (QED) is 0.806. The summed E-state index contributed by atoms with van der Waals surface area (Å²) in [5.74, 6) is 0. The summed E-state index contributed by atoms with van der Waals surface area (Å²) in [7, 11) is 0. The summed E-state index contributed by atoms with van der Waals surface area (Å²) in [4.78, 5) is 0. The Bertz CT molecular complexity index is 383. The summed E-state index contributed by atoms with van der Waals surface area (Å²) >= 11 is 5.75. The standard InChI is InChI=1S/C11H11ClF3N/c12-9-3-1-2-8(6-9)10(11(13,14)15)4-5-16-7-10/h1-3,6,16H,4-5,7H2/t10-/m1/s1. The van der Waals surface area contributed by atoms with E-state index in [0.29, 0.717) is 11.6 Å². The minimum atomic E-state index is -4.25. The van der Waals surface area contributed by atoms with Gasteiger partial charge in [0.05, 0.1) is 0 Å². The van der Waals surface area contributed by atoms with E-state index in [-0.39, 0.29) is 18.5 Å². The molecule has 1 fully saturated rings. The number of halogens is 4. The lowest BCUT2D eigenvalue weighted by Crippen LogP contribution is -2.44. The maximum Gasteiger partial charge on any atom is 0.399 e. The monoisotopic (exact) mass is 249 g/mol. The highest BCUT2D eigenvalue weighted by Crippen LogP contribution is 2.45. The first-order chi connectivity index (χ1) is 7.46. The van der Waals surface area contributed by atoms with Gasteiger partial charge < -0.3 is 5.32 Å². The van der Waals surface area contributed by atoms with Crippen LogP contribution in [0.5, 0.6) is 0 Å². The van der Waals surface area contributed by atoms with E-state index in [2.05, 4.69) is 5.32 Å². The van der Waals surface area contributed by atoms with E-state index in [0.717, 1.165) is 0 Å². The van der Waals surface area contributed by atoms with Gasteiger partial charge in [-0.15, -0.1) is 0 Å². The fourth-order valence-corrected chi connectivity index (χ4v) is 2.32. The molecule has 0 unspecified atom stereocenters. The lowest BCUT2D eigenvalue weighted by molar-refractivity contribution is -0.184. The van der Waals surface area contributed by atoms with Gasteiger partial charge in [0.2, 0.25) is 0 Å². The predicted molar refractivity (Wildman–Crippen MR) is 56.7 cm³/mol. The molecule has 88 valence electrons. The molecule has 1 aromatic rings. The third-order valence-electron chi connectivity index (χ3n) is 3.08. The van der Waals surface area contributed by atoms with Crippen LogP contribution < -0.4 is 5.32 Å². The largest absolute Gasteiger partial charge is 0.399 e. The van der Waals surface area contributed by atoms with Crippen LogP contribution in [-0.2, 0) is 5.41 Å². The second-order valence-electron chi connectivity index (χ2n) is 4.02. The predicted octanol–water partition coefficient (Wildman–Crippen LogP) is 3.13. The van der Waals surface area contributed by atoms with E-state index in [1.54, 1.807) is 12.1 Å². The van der Waals surface area contributed by atoms with Crippen molar-refractivity contribution in [1.29, 1.82) is 0 Å². The molecule has 2 rings (SSSR count). The van der Waals surface area contributed by atoms with Crippen molar-refractivity contribution in [3.8, 4) is 0 Å². The van der Waals surface area contributed by atoms with Crippen LogP contribution in [0.1, 0.15) is 12.0 Å². The highest BCUT2D eigenvalue weighted by atomic mass is 35.5. The molecule has 0 saturated carbocycles. The second-order valence-corrected chi connectivity index (χ2v) is 4.45. The Hall–Kier alpha value is -0.740. The molecule has 1 nitrogen and oxygen atoms in total. The molecule has 1 N–H and O–H groups in total. The molecule has 0 bridgehead atoms. The van der Waals surface area contributed by atoms with Gasteiger partial charge in [-0.1, -0.05) is 23.7 Å². The molecule has 0 aromatic heterocycles. The molecular weight excluding hydrogens is 239 g/mol. The van der Waals surface area contributed by atoms with Gasteiger partial charge >= 0.3 is 6.18 Å². The highest BCUT2D eigenvalue weighted by molar-refractivity contribution is 6.30. The summed E-state index contributed by atoms with van der Waals surface area (Å²) in [5.41, 5.74) is -1.53. The number of nitrogens with one attached hydrogen (secondary N) is 1. The molecule has 0 spiro atoms. The average Bonchev–Trinajstić information content (AvgIpc) is 2.66. The smallest absolute Gasteiger partial charge is 0.315 e. The first-order valence-electron chi connectivity index (χ1n) is 4.99. The SMILES string of the molecule is FC(F)(F)[C@]1(c2cccc(Cl)c2)CCNC1. The third-order valence-corrected chi connectivity index (χ3v) is 3.31. The third kappa shape index (κ3) is 1.80. The Balaban J connectivity index is 2.48. The average molecular weight is 250 g/mol. The normalized spacial score (nSPS) is 26.0. The molecule has 16 heavy (non-hydrogen) atoms. The summed E-state index contributed by atoms with van der Waals surface area (Å²) in [6, 6.07) is 6.04. The van der Waals surface area contributed by atoms with Crippen LogP contribution in [0.4, 0.5) is 13.2 Å². The number of hydrogen-bond donors (Lipinski definition) is 1. The van der Waals surface area contributed by atoms with Crippen LogP contribution in [0.25, 0.3) is 0 Å². The zero-order chi connectivity index (χ0) is 11.8. The Morgan fingerprint density at radius 3 is 2.56 bits per heavy atom. The van der Waals surface area contributed by atoms with Crippen molar-refractivity contribution in [3.05, 3.63) is 34.9 Å². The van der Waals surface area contributed by atoms with Crippen molar-refractivity contribution in [2.45, 2.75) is 18.0 Å². The molecule has 1 aromatic carbocycles. The topological polar surface area (TPSA) is 12.0 Å². The minimum absolute atomic E-state index is 0.0663. The van der Waals surface area contributed by atoms with Crippen molar-refractivity contribution in [2.24, 2.45) is 0 Å². The van der Waals surface area contributed by atoms with Gasteiger partial charge in [0.25, 0.3) is 0 Å². The summed E-state index contributed by atoms with van der Waals surface area (Å²) in [5, 5.41) is 3.12. The molecule has 5 heteroatoms. The first kappa shape index (κ1) is 11.7. The van der Waals surface area contributed by atoms with Crippen LogP contribution in [0.15, 0.2) is 24.3 Å². The number of rotatable bonds is 1. The zero-order valence-electron chi connectivity index (χ0n) is 8.44. The van der Waals surface area contributed by atoms with Crippen molar-refractivity contribution in [1.82, 2.24) is 5.32 Å². The van der Waals surface area contributed by atoms with Gasteiger partial charge in [-0.05, 0) is 30.7 Å². The van der Waals surface area contributed by atoms with Crippen LogP contribution in [0, 0.1) is 0 Å². The van der Waals surface area contributed by atoms with Crippen molar-refractivity contribution in [2.75, 3.05) is 13.1 Å². The van der Waals surface area contributed by atoms with Crippen LogP contribution in [0.2, 0.25) is 5.02 Å². The molecule has 1 heterocycles. The fourth-order valence-electron chi connectivity index (χ4n) is 2.13. The highest BCUT2D eigenvalue weighted by Gasteiger charge is 2.57. The Labute approximate surface area is 96.6 Å². The van der Waals surface area contributed by atoms with Gasteiger partial charge in [-0.3, -0.25) is 0 Å². The van der Waals surface area contributed by atoms with E-state index in [9.17, 15) is 13.2 Å². The molecule has 1 atom stereocenters. The van der Waals surface area contributed by atoms with E-state index in [1.165, 1.54) is 12.1 Å². The van der Waals surface area contributed by atoms with E-state index in [1.807, 2.05) is 0 Å². The van der Waals surface area contributed by atoms with Gasteiger partial charge in [0.15, 0.2) is 0 Å². The lowest BCUT2D eigenvalue weighted by Gasteiger charge is -2.31. The Morgan fingerprint density at radius 1 is 1.31 bits per heavy atom. The number of alkyl halides is 3. The summed E-state index contributed by atoms with van der Waals surface area (Å²) < 4.78 is 39.5. The maximum absolute atomic E-state index is 13.2. The molecule has 1 saturated heterocycles. The van der Waals surface area contributed by atoms with Crippen LogP contribution in [0.3, 0.4) is 0 Å². The van der Waals surface area contributed by atoms with Gasteiger partial charge in [-0.2, -0.15) is 13.2 Å². The number of benzene rings is 1. The van der Waals surface area contributed by atoms with Crippen molar-refractivity contribution in [3.63, 3.8) is 0 Å². The lowest BCUT2D eigenvalue weighted by atomic mass is 9.79. The maximum atomic E-state index is 13.2. The van der Waals surface area contributed by atoms with E-state index >= 15 is 0 Å². The fraction of sp³-hybridized carbons (Fsp3) is 0.455. The number of hydrogen-bond acceptors (Lipinski definition) is 1. The molecule has 0 aliphatic carbocycles. The summed E-state index contributed by atoms with van der Waals surface area (Å²) in [6.45, 7) is 0.308. The van der Waals surface area contributed by atoms with Gasteiger partial charge in [0, 0.05) is 11.6 Å². The zero-order valence-corrected chi connectivity index (χ0v) is 9.20. The minimum Gasteiger partial charge on any atom is -0.315 e. The van der Waals surface area contributed by atoms with Crippen LogP contribution in [-0.4, -0.2) is 19.3 Å². The van der Waals surface area contributed by atoms with Crippen LogP contribution >= 0.6 is 11.6 Å². The molecule has 0 amide bonds. The van der Waals surface area contributed by atoms with E-state index < -0.39 is 11.6 Å². The first-order valence-corrected chi connectivity index (χ1v) is 5.37. The molecule has 1 aliphatic heterocycles. The van der Waals surface area contributed by atoms with Gasteiger partial charge in [-0.25, -0.2) is 0 Å². The van der Waals surface area contributed by atoms with E-state index in [4.69, 9.17) is 11.6 Å². The Morgan fingerprint density at radius 2 is 2.06 bits per heavy atom. The molecule has 0 radical (unpaired) electrons. The Kier molecular flexibility index (Phi) is 2.88. The van der Waals surface area contributed by atoms with Gasteiger partial charge in [0.1, 0.15) is 5.41 Å². The summed E-state index contributed by atoms with van der Waals surface area (Å²) in [6.07, 6.45) is -4.18.